The van der Waals surface area contributed by atoms with Gasteiger partial charge in [-0.1, -0.05) is 24.8 Å². The largest absolute Gasteiger partial charge is 0.487 e. The molecule has 1 aromatic carbocycles. The summed E-state index contributed by atoms with van der Waals surface area (Å²) in [4.78, 5) is 0. The number of hydrogen-bond acceptors (Lipinski definition) is 2. The summed E-state index contributed by atoms with van der Waals surface area (Å²) < 4.78 is 5.58. The second-order valence-corrected chi connectivity index (χ2v) is 3.42. The van der Waals surface area contributed by atoms with Gasteiger partial charge < -0.3 is 10.5 Å². The Bertz CT molecular complexity index is 307. The minimum Gasteiger partial charge on any atom is -0.487 e. The van der Waals surface area contributed by atoms with Crippen molar-refractivity contribution in [3.05, 3.63) is 42.5 Å². The molecule has 0 spiro atoms. The average Bonchev–Trinajstić information content (AvgIpc) is 2.18. The van der Waals surface area contributed by atoms with Crippen molar-refractivity contribution in [2.24, 2.45) is 5.73 Å². The Morgan fingerprint density at radius 2 is 2.14 bits per heavy atom. The van der Waals surface area contributed by atoms with Gasteiger partial charge in [-0.15, -0.1) is 0 Å². The zero-order chi connectivity index (χ0) is 10.6. The molecule has 0 saturated carbocycles. The van der Waals surface area contributed by atoms with Gasteiger partial charge in [0.1, 0.15) is 11.9 Å². The number of benzene rings is 1. The van der Waals surface area contributed by atoms with E-state index in [1.165, 1.54) is 0 Å². The first-order chi connectivity index (χ1) is 6.63. The molecule has 0 heterocycles. The fourth-order valence-corrected chi connectivity index (χ4v) is 1.13. The standard InChI is InChI=1S/C12H17NO/c1-4-9(2)14-12-7-5-6-11(8-12)10(3)13/h4-10H,1,13H2,2-3H3. The lowest BCUT2D eigenvalue weighted by Gasteiger charge is -2.12. The lowest BCUT2D eigenvalue weighted by molar-refractivity contribution is 0.270. The van der Waals surface area contributed by atoms with Gasteiger partial charge in [0.15, 0.2) is 0 Å². The van der Waals surface area contributed by atoms with Crippen molar-refractivity contribution in [2.45, 2.75) is 26.0 Å². The molecule has 0 aliphatic carbocycles. The van der Waals surface area contributed by atoms with E-state index in [0.717, 1.165) is 11.3 Å². The SMILES string of the molecule is C=CC(C)Oc1cccc(C(C)N)c1. The molecule has 0 aliphatic heterocycles. The highest BCUT2D eigenvalue weighted by atomic mass is 16.5. The summed E-state index contributed by atoms with van der Waals surface area (Å²) in [7, 11) is 0. The monoisotopic (exact) mass is 191 g/mol. The number of nitrogens with two attached hydrogens (primary N) is 1. The van der Waals surface area contributed by atoms with E-state index in [4.69, 9.17) is 10.5 Å². The van der Waals surface area contributed by atoms with E-state index in [-0.39, 0.29) is 12.1 Å². The third kappa shape index (κ3) is 2.89. The molecule has 2 unspecified atom stereocenters. The quantitative estimate of drug-likeness (QED) is 0.742. The summed E-state index contributed by atoms with van der Waals surface area (Å²) in [6.45, 7) is 7.57. The maximum absolute atomic E-state index is 5.77. The molecule has 14 heavy (non-hydrogen) atoms. The summed E-state index contributed by atoms with van der Waals surface area (Å²) in [5.74, 6) is 0.840. The molecular weight excluding hydrogens is 174 g/mol. The fraction of sp³-hybridized carbons (Fsp3) is 0.333. The molecule has 0 amide bonds. The van der Waals surface area contributed by atoms with Crippen LogP contribution in [0.1, 0.15) is 25.5 Å². The van der Waals surface area contributed by atoms with Crippen LogP contribution in [0, 0.1) is 0 Å². The predicted octanol–water partition coefficient (Wildman–Crippen LogP) is 2.66. The highest BCUT2D eigenvalue weighted by Gasteiger charge is 2.02. The van der Waals surface area contributed by atoms with Gasteiger partial charge in [0.05, 0.1) is 0 Å². The normalized spacial score (nSPS) is 14.5. The Morgan fingerprint density at radius 1 is 1.43 bits per heavy atom. The van der Waals surface area contributed by atoms with Crippen molar-refractivity contribution < 1.29 is 4.74 Å². The van der Waals surface area contributed by atoms with Crippen molar-refractivity contribution >= 4 is 0 Å². The Morgan fingerprint density at radius 3 is 2.71 bits per heavy atom. The van der Waals surface area contributed by atoms with Crippen LogP contribution in [-0.2, 0) is 0 Å². The van der Waals surface area contributed by atoms with Gasteiger partial charge in [-0.05, 0) is 31.5 Å². The van der Waals surface area contributed by atoms with Crippen LogP contribution in [0.5, 0.6) is 5.75 Å². The van der Waals surface area contributed by atoms with Crippen LogP contribution in [-0.4, -0.2) is 6.10 Å². The predicted molar refractivity (Wildman–Crippen MR) is 59.3 cm³/mol. The molecule has 0 saturated heterocycles. The maximum Gasteiger partial charge on any atom is 0.120 e. The molecule has 1 rings (SSSR count). The van der Waals surface area contributed by atoms with Crippen LogP contribution in [0.15, 0.2) is 36.9 Å². The summed E-state index contributed by atoms with van der Waals surface area (Å²) in [6.07, 6.45) is 1.79. The van der Waals surface area contributed by atoms with Crippen LogP contribution in [0.3, 0.4) is 0 Å². The molecule has 0 aliphatic rings. The summed E-state index contributed by atoms with van der Waals surface area (Å²) >= 11 is 0. The van der Waals surface area contributed by atoms with Crippen molar-refractivity contribution in [1.82, 2.24) is 0 Å². The minimum atomic E-state index is 0.0262. The zero-order valence-electron chi connectivity index (χ0n) is 8.73. The first-order valence-corrected chi connectivity index (χ1v) is 4.78. The van der Waals surface area contributed by atoms with Crippen LogP contribution in [0.4, 0.5) is 0 Å². The van der Waals surface area contributed by atoms with Crippen LogP contribution >= 0.6 is 0 Å². The first-order valence-electron chi connectivity index (χ1n) is 4.78. The third-order valence-corrected chi connectivity index (χ3v) is 2.04. The molecule has 1 aromatic rings. The van der Waals surface area contributed by atoms with Crippen molar-refractivity contribution in [3.63, 3.8) is 0 Å². The Kier molecular flexibility index (Phi) is 3.72. The molecule has 0 bridgehead atoms. The van der Waals surface area contributed by atoms with Gasteiger partial charge in [-0.25, -0.2) is 0 Å². The third-order valence-electron chi connectivity index (χ3n) is 2.04. The molecule has 0 aromatic heterocycles. The maximum atomic E-state index is 5.77. The van der Waals surface area contributed by atoms with Gasteiger partial charge >= 0.3 is 0 Å². The second kappa shape index (κ2) is 4.82. The minimum absolute atomic E-state index is 0.0262. The fourth-order valence-electron chi connectivity index (χ4n) is 1.13. The van der Waals surface area contributed by atoms with Gasteiger partial charge in [-0.2, -0.15) is 0 Å². The van der Waals surface area contributed by atoms with Crippen LogP contribution in [0.2, 0.25) is 0 Å². The van der Waals surface area contributed by atoms with E-state index in [2.05, 4.69) is 6.58 Å². The lowest BCUT2D eigenvalue weighted by atomic mass is 10.1. The van der Waals surface area contributed by atoms with Crippen LogP contribution in [0.25, 0.3) is 0 Å². The van der Waals surface area contributed by atoms with Gasteiger partial charge in [0, 0.05) is 6.04 Å². The molecule has 2 atom stereocenters. The first kappa shape index (κ1) is 10.8. The van der Waals surface area contributed by atoms with E-state index >= 15 is 0 Å². The number of rotatable bonds is 4. The van der Waals surface area contributed by atoms with E-state index < -0.39 is 0 Å². The molecule has 76 valence electrons. The van der Waals surface area contributed by atoms with Crippen molar-refractivity contribution in [3.8, 4) is 5.75 Å². The Hall–Kier alpha value is -1.28. The second-order valence-electron chi connectivity index (χ2n) is 3.42. The van der Waals surface area contributed by atoms with Crippen molar-refractivity contribution in [1.29, 1.82) is 0 Å². The number of ether oxygens (including phenoxy) is 1. The van der Waals surface area contributed by atoms with E-state index in [1.54, 1.807) is 6.08 Å². The van der Waals surface area contributed by atoms with E-state index in [0.29, 0.717) is 0 Å². The zero-order valence-corrected chi connectivity index (χ0v) is 8.73. The summed E-state index contributed by atoms with van der Waals surface area (Å²) in [6, 6.07) is 7.87. The van der Waals surface area contributed by atoms with E-state index in [1.807, 2.05) is 38.1 Å². The van der Waals surface area contributed by atoms with Crippen LogP contribution < -0.4 is 10.5 Å². The Balaban J connectivity index is 2.78. The van der Waals surface area contributed by atoms with Gasteiger partial charge in [-0.3, -0.25) is 0 Å². The summed E-state index contributed by atoms with van der Waals surface area (Å²) in [5, 5.41) is 0. The smallest absolute Gasteiger partial charge is 0.120 e. The molecular formula is C12H17NO. The molecule has 2 nitrogen and oxygen atoms in total. The van der Waals surface area contributed by atoms with Crippen molar-refractivity contribution in [2.75, 3.05) is 0 Å². The van der Waals surface area contributed by atoms with E-state index in [9.17, 15) is 0 Å². The molecule has 2 heteroatoms. The summed E-state index contributed by atoms with van der Waals surface area (Å²) in [5.41, 5.74) is 6.85. The molecule has 0 fully saturated rings. The molecule has 0 radical (unpaired) electrons. The highest BCUT2D eigenvalue weighted by molar-refractivity contribution is 5.30. The van der Waals surface area contributed by atoms with Gasteiger partial charge in [0.25, 0.3) is 0 Å². The highest BCUT2D eigenvalue weighted by Crippen LogP contribution is 2.18. The van der Waals surface area contributed by atoms with Gasteiger partial charge in [0.2, 0.25) is 0 Å². The lowest BCUT2D eigenvalue weighted by Crippen LogP contribution is -2.09. The molecule has 2 N–H and O–H groups in total. The number of hydrogen-bond donors (Lipinski definition) is 1. The topological polar surface area (TPSA) is 35.2 Å². The Labute approximate surface area is 85.4 Å². The average molecular weight is 191 g/mol.